The number of methoxy groups -OCH3 is 2. The lowest BCUT2D eigenvalue weighted by Gasteiger charge is -2.19. The fourth-order valence-corrected chi connectivity index (χ4v) is 3.91. The number of ether oxygens (including phenoxy) is 2. The number of rotatable bonds is 7. The molecular weight excluding hydrogens is 364 g/mol. The topological polar surface area (TPSA) is 77.5 Å². The molecule has 0 aliphatic rings. The molecule has 0 fully saturated rings. The molecule has 140 valence electrons. The van der Waals surface area contributed by atoms with E-state index in [0.29, 0.717) is 17.2 Å². The Morgan fingerprint density at radius 1 is 0.889 bits per heavy atom. The first-order chi connectivity index (χ1) is 13.0. The lowest BCUT2D eigenvalue weighted by Crippen LogP contribution is -2.30. The Hall–Kier alpha value is -2.90. The van der Waals surface area contributed by atoms with Crippen LogP contribution in [0, 0.1) is 0 Å². The number of sulfonamides is 1. The van der Waals surface area contributed by atoms with Crippen LogP contribution < -0.4 is 14.2 Å². The van der Waals surface area contributed by atoms with Gasteiger partial charge in [0.1, 0.15) is 0 Å². The summed E-state index contributed by atoms with van der Waals surface area (Å²) in [5.41, 5.74) is 1.40. The van der Waals surface area contributed by atoms with Crippen LogP contribution in [0.15, 0.2) is 77.8 Å². The van der Waals surface area contributed by atoms with Gasteiger partial charge in [0.2, 0.25) is 10.0 Å². The minimum absolute atomic E-state index is 0.0806. The van der Waals surface area contributed by atoms with Gasteiger partial charge in [-0.15, -0.1) is 0 Å². The molecule has 1 N–H and O–H groups in total. The van der Waals surface area contributed by atoms with Crippen LogP contribution in [0.4, 0.5) is 0 Å². The molecule has 1 heterocycles. The van der Waals surface area contributed by atoms with E-state index in [-0.39, 0.29) is 4.90 Å². The number of benzene rings is 2. The normalized spacial score (nSPS) is 12.4. The van der Waals surface area contributed by atoms with Gasteiger partial charge in [-0.3, -0.25) is 4.98 Å². The second-order valence-corrected chi connectivity index (χ2v) is 7.45. The average molecular weight is 384 g/mol. The van der Waals surface area contributed by atoms with Crippen molar-refractivity contribution in [3.05, 3.63) is 84.2 Å². The molecule has 3 aromatic rings. The Morgan fingerprint density at radius 3 is 2.22 bits per heavy atom. The zero-order chi connectivity index (χ0) is 19.3. The maximum atomic E-state index is 13.0. The lowest BCUT2D eigenvalue weighted by atomic mass is 10.0. The highest BCUT2D eigenvalue weighted by molar-refractivity contribution is 7.89. The van der Waals surface area contributed by atoms with Crippen LogP contribution in [0.3, 0.4) is 0 Å². The van der Waals surface area contributed by atoms with E-state index in [0.717, 1.165) is 5.56 Å². The molecule has 1 aromatic heterocycles. The summed E-state index contributed by atoms with van der Waals surface area (Å²) in [6, 6.07) is 18.6. The third-order valence-corrected chi connectivity index (χ3v) is 5.48. The summed E-state index contributed by atoms with van der Waals surface area (Å²) in [5, 5.41) is 0. The van der Waals surface area contributed by atoms with Gasteiger partial charge in [0.05, 0.1) is 30.9 Å². The van der Waals surface area contributed by atoms with Crippen molar-refractivity contribution in [1.29, 1.82) is 0 Å². The van der Waals surface area contributed by atoms with Crippen LogP contribution >= 0.6 is 0 Å². The maximum absolute atomic E-state index is 13.0. The molecule has 27 heavy (non-hydrogen) atoms. The molecule has 1 unspecified atom stereocenters. The summed E-state index contributed by atoms with van der Waals surface area (Å²) in [5.74, 6) is 0.801. The predicted molar refractivity (Wildman–Crippen MR) is 102 cm³/mol. The molecule has 6 nitrogen and oxygen atoms in total. The fourth-order valence-electron chi connectivity index (χ4n) is 2.70. The maximum Gasteiger partial charge on any atom is 0.241 e. The Labute approximate surface area is 158 Å². The minimum atomic E-state index is -3.84. The number of nitrogens with zero attached hydrogens (tertiary/aromatic N) is 1. The van der Waals surface area contributed by atoms with E-state index < -0.39 is 16.1 Å². The smallest absolute Gasteiger partial charge is 0.241 e. The van der Waals surface area contributed by atoms with Crippen molar-refractivity contribution in [2.45, 2.75) is 10.9 Å². The van der Waals surface area contributed by atoms with Gasteiger partial charge in [-0.2, -0.15) is 4.72 Å². The summed E-state index contributed by atoms with van der Waals surface area (Å²) in [6.07, 6.45) is 1.63. The molecule has 2 aromatic carbocycles. The molecule has 0 saturated heterocycles. The molecule has 7 heteroatoms. The summed E-state index contributed by atoms with van der Waals surface area (Å²) in [7, 11) is -0.881. The van der Waals surface area contributed by atoms with E-state index in [1.165, 1.54) is 26.4 Å². The van der Waals surface area contributed by atoms with Gasteiger partial charge in [-0.1, -0.05) is 36.4 Å². The summed E-state index contributed by atoms with van der Waals surface area (Å²) in [6.45, 7) is 0. The zero-order valence-corrected chi connectivity index (χ0v) is 15.8. The van der Waals surface area contributed by atoms with Gasteiger partial charge in [0.25, 0.3) is 0 Å². The molecule has 3 rings (SSSR count). The first kappa shape index (κ1) is 18.9. The van der Waals surface area contributed by atoms with Crippen LogP contribution in [0.1, 0.15) is 17.3 Å². The number of hydrogen-bond acceptors (Lipinski definition) is 5. The van der Waals surface area contributed by atoms with Crippen LogP contribution in [0.5, 0.6) is 11.5 Å². The Kier molecular flexibility index (Phi) is 5.73. The summed E-state index contributed by atoms with van der Waals surface area (Å²) < 4.78 is 39.2. The molecule has 0 amide bonds. The molecule has 0 bridgehead atoms. The summed E-state index contributed by atoms with van der Waals surface area (Å²) in [4.78, 5) is 4.40. The third kappa shape index (κ3) is 4.27. The molecule has 1 atom stereocenters. The van der Waals surface area contributed by atoms with Gasteiger partial charge in [0.15, 0.2) is 11.5 Å². The van der Waals surface area contributed by atoms with E-state index in [1.807, 2.05) is 36.4 Å². The average Bonchev–Trinajstić information content (AvgIpc) is 2.72. The Bertz CT molecular complexity index is 954. The highest BCUT2D eigenvalue weighted by Crippen LogP contribution is 2.30. The number of pyridine rings is 1. The van der Waals surface area contributed by atoms with Crippen LogP contribution in [0.25, 0.3) is 0 Å². The first-order valence-corrected chi connectivity index (χ1v) is 9.73. The second kappa shape index (κ2) is 8.20. The molecule has 0 spiro atoms. The van der Waals surface area contributed by atoms with Gasteiger partial charge < -0.3 is 9.47 Å². The molecule has 0 radical (unpaired) electrons. The fraction of sp³-hybridized carbons (Fsp3) is 0.150. The van der Waals surface area contributed by atoms with Crippen molar-refractivity contribution in [2.75, 3.05) is 14.2 Å². The van der Waals surface area contributed by atoms with Gasteiger partial charge in [-0.25, -0.2) is 8.42 Å². The Morgan fingerprint density at radius 2 is 1.59 bits per heavy atom. The standard InChI is InChI=1S/C20H20N2O4S/c1-25-18-12-11-16(14-19(18)26-2)27(23,24)22-20(15-8-4-3-5-9-15)17-10-6-7-13-21-17/h3-14,20,22H,1-2H3. The minimum Gasteiger partial charge on any atom is -0.493 e. The van der Waals surface area contributed by atoms with Crippen LogP contribution in [-0.4, -0.2) is 27.6 Å². The first-order valence-electron chi connectivity index (χ1n) is 8.25. The van der Waals surface area contributed by atoms with E-state index in [2.05, 4.69) is 9.71 Å². The van der Waals surface area contributed by atoms with Crippen LogP contribution in [0.2, 0.25) is 0 Å². The predicted octanol–water partition coefficient (Wildman–Crippen LogP) is 3.17. The van der Waals surface area contributed by atoms with Gasteiger partial charge in [-0.05, 0) is 29.8 Å². The van der Waals surface area contributed by atoms with E-state index in [1.54, 1.807) is 24.4 Å². The van der Waals surface area contributed by atoms with Gasteiger partial charge >= 0.3 is 0 Å². The second-order valence-electron chi connectivity index (χ2n) is 5.74. The van der Waals surface area contributed by atoms with Gasteiger partial charge in [0, 0.05) is 12.3 Å². The van der Waals surface area contributed by atoms with Crippen molar-refractivity contribution in [1.82, 2.24) is 9.71 Å². The van der Waals surface area contributed by atoms with E-state index in [4.69, 9.17) is 9.47 Å². The zero-order valence-electron chi connectivity index (χ0n) is 15.0. The third-order valence-electron chi connectivity index (χ3n) is 4.05. The largest absolute Gasteiger partial charge is 0.493 e. The van der Waals surface area contributed by atoms with Crippen LogP contribution in [-0.2, 0) is 10.0 Å². The number of hydrogen-bond donors (Lipinski definition) is 1. The van der Waals surface area contributed by atoms with E-state index in [9.17, 15) is 8.42 Å². The van der Waals surface area contributed by atoms with Crippen molar-refractivity contribution >= 4 is 10.0 Å². The molecular formula is C20H20N2O4S. The number of aromatic nitrogens is 1. The van der Waals surface area contributed by atoms with Crippen molar-refractivity contribution in [3.8, 4) is 11.5 Å². The molecule has 0 saturated carbocycles. The highest BCUT2D eigenvalue weighted by Gasteiger charge is 2.24. The van der Waals surface area contributed by atoms with Crippen molar-refractivity contribution in [3.63, 3.8) is 0 Å². The number of nitrogens with one attached hydrogen (secondary N) is 1. The van der Waals surface area contributed by atoms with Crippen molar-refractivity contribution < 1.29 is 17.9 Å². The highest BCUT2D eigenvalue weighted by atomic mass is 32.2. The monoisotopic (exact) mass is 384 g/mol. The summed E-state index contributed by atoms with van der Waals surface area (Å²) >= 11 is 0. The van der Waals surface area contributed by atoms with E-state index >= 15 is 0 Å². The lowest BCUT2D eigenvalue weighted by molar-refractivity contribution is 0.354. The molecule has 0 aliphatic heterocycles. The SMILES string of the molecule is COc1ccc(S(=O)(=O)NC(c2ccccc2)c2ccccn2)cc1OC. The molecule has 0 aliphatic carbocycles. The quantitative estimate of drug-likeness (QED) is 0.677. The van der Waals surface area contributed by atoms with Crippen molar-refractivity contribution in [2.24, 2.45) is 0 Å². The Balaban J connectivity index is 2.00.